The maximum atomic E-state index is 3.17. The largest absolute Gasteiger partial charge is 0.316 e. The van der Waals surface area contributed by atoms with Crippen molar-refractivity contribution in [2.24, 2.45) is 0 Å². The lowest BCUT2D eigenvalue weighted by Crippen LogP contribution is -2.19. The second kappa shape index (κ2) is 8.26. The van der Waals surface area contributed by atoms with E-state index >= 15 is 0 Å². The Bertz CT molecular complexity index is 292. The van der Waals surface area contributed by atoms with Crippen molar-refractivity contribution in [3.8, 4) is 0 Å². The van der Waals surface area contributed by atoms with E-state index in [0.29, 0.717) is 0 Å². The van der Waals surface area contributed by atoms with Crippen LogP contribution in [0, 0.1) is 0 Å². The zero-order chi connectivity index (χ0) is 12.5. The van der Waals surface area contributed by atoms with E-state index < -0.39 is 0 Å². The Labute approximate surface area is 106 Å². The van der Waals surface area contributed by atoms with Gasteiger partial charge in [-0.3, -0.25) is 0 Å². The van der Waals surface area contributed by atoms with Crippen LogP contribution in [0.3, 0.4) is 0 Å². The highest BCUT2D eigenvalue weighted by molar-refractivity contribution is 5.22. The van der Waals surface area contributed by atoms with E-state index in [-0.39, 0.29) is 0 Å². The van der Waals surface area contributed by atoms with E-state index in [0.717, 1.165) is 13.1 Å². The molecule has 0 aliphatic heterocycles. The van der Waals surface area contributed by atoms with Gasteiger partial charge in [-0.15, -0.1) is 0 Å². The summed E-state index contributed by atoms with van der Waals surface area (Å²) < 4.78 is 0. The van der Waals surface area contributed by atoms with Crippen LogP contribution in [0.5, 0.6) is 0 Å². The Morgan fingerprint density at radius 2 is 1.71 bits per heavy atom. The Balaban J connectivity index is 2.34. The maximum absolute atomic E-state index is 3.17. The minimum absolute atomic E-state index is 0.951. The molecule has 0 fully saturated rings. The van der Waals surface area contributed by atoms with Gasteiger partial charge in [0.25, 0.3) is 0 Å². The Morgan fingerprint density at radius 3 is 2.29 bits per heavy atom. The summed E-state index contributed by atoms with van der Waals surface area (Å²) in [6.07, 6.45) is 3.95. The van der Waals surface area contributed by atoms with Crippen LogP contribution < -0.4 is 5.32 Å². The van der Waals surface area contributed by atoms with E-state index in [1.54, 1.807) is 0 Å². The highest BCUT2D eigenvalue weighted by Crippen LogP contribution is 2.07. The molecule has 0 unspecified atom stereocenters. The highest BCUT2D eigenvalue weighted by atomic mass is 15.1. The minimum Gasteiger partial charge on any atom is -0.316 e. The number of rotatable bonds is 8. The molecule has 1 N–H and O–H groups in total. The van der Waals surface area contributed by atoms with Crippen LogP contribution in [0.4, 0.5) is 0 Å². The van der Waals surface area contributed by atoms with Crippen molar-refractivity contribution < 1.29 is 0 Å². The molecule has 96 valence electrons. The van der Waals surface area contributed by atoms with Gasteiger partial charge in [0, 0.05) is 13.1 Å². The summed E-state index contributed by atoms with van der Waals surface area (Å²) in [5.74, 6) is 0. The molecule has 0 heterocycles. The standard InChI is InChI=1S/C15H26N2/c1-4-5-6-11-17(3)13-15-9-7-14(8-10-15)12-16-2/h7-10,16H,4-6,11-13H2,1-3H3. The third-order valence-electron chi connectivity index (χ3n) is 3.00. The van der Waals surface area contributed by atoms with Crippen LogP contribution in [-0.2, 0) is 13.1 Å². The summed E-state index contributed by atoms with van der Waals surface area (Å²) in [4.78, 5) is 2.41. The van der Waals surface area contributed by atoms with Gasteiger partial charge in [-0.1, -0.05) is 44.0 Å². The van der Waals surface area contributed by atoms with Crippen molar-refractivity contribution >= 4 is 0 Å². The van der Waals surface area contributed by atoms with Gasteiger partial charge in [-0.25, -0.2) is 0 Å². The van der Waals surface area contributed by atoms with Gasteiger partial charge in [0.05, 0.1) is 0 Å². The minimum atomic E-state index is 0.951. The van der Waals surface area contributed by atoms with Gasteiger partial charge < -0.3 is 10.2 Å². The van der Waals surface area contributed by atoms with Gasteiger partial charge in [0.15, 0.2) is 0 Å². The van der Waals surface area contributed by atoms with Crippen molar-refractivity contribution in [3.05, 3.63) is 35.4 Å². The average molecular weight is 234 g/mol. The summed E-state index contributed by atoms with van der Waals surface area (Å²) in [6.45, 7) is 5.46. The summed E-state index contributed by atoms with van der Waals surface area (Å²) in [6, 6.07) is 8.91. The molecule has 2 nitrogen and oxygen atoms in total. The summed E-state index contributed by atoms with van der Waals surface area (Å²) in [5.41, 5.74) is 2.76. The maximum Gasteiger partial charge on any atom is 0.0230 e. The molecular formula is C15H26N2. The fraction of sp³-hybridized carbons (Fsp3) is 0.600. The first-order chi connectivity index (χ1) is 8.26. The van der Waals surface area contributed by atoms with E-state index in [2.05, 4.69) is 48.5 Å². The molecule has 0 aliphatic rings. The second-order valence-corrected chi connectivity index (χ2v) is 4.79. The number of hydrogen-bond acceptors (Lipinski definition) is 2. The first kappa shape index (κ1) is 14.2. The molecule has 17 heavy (non-hydrogen) atoms. The molecule has 2 heteroatoms. The monoisotopic (exact) mass is 234 g/mol. The van der Waals surface area contributed by atoms with Crippen molar-refractivity contribution in [1.29, 1.82) is 0 Å². The average Bonchev–Trinajstić information content (AvgIpc) is 2.32. The van der Waals surface area contributed by atoms with E-state index in [9.17, 15) is 0 Å². The highest BCUT2D eigenvalue weighted by Gasteiger charge is 2.00. The van der Waals surface area contributed by atoms with Gasteiger partial charge in [-0.2, -0.15) is 0 Å². The third-order valence-corrected chi connectivity index (χ3v) is 3.00. The number of unbranched alkanes of at least 4 members (excludes halogenated alkanes) is 2. The van der Waals surface area contributed by atoms with Crippen LogP contribution in [0.25, 0.3) is 0 Å². The molecule has 0 atom stereocenters. The molecule has 0 spiro atoms. The molecule has 1 rings (SSSR count). The molecule has 0 radical (unpaired) electrons. The van der Waals surface area contributed by atoms with Gasteiger partial charge in [0.1, 0.15) is 0 Å². The van der Waals surface area contributed by atoms with Crippen LogP contribution >= 0.6 is 0 Å². The molecular weight excluding hydrogens is 208 g/mol. The zero-order valence-corrected chi connectivity index (χ0v) is 11.5. The van der Waals surface area contributed by atoms with Crippen LogP contribution in [-0.4, -0.2) is 25.5 Å². The normalized spacial score (nSPS) is 11.1. The lowest BCUT2D eigenvalue weighted by atomic mass is 10.1. The Kier molecular flexibility index (Phi) is 6.90. The third kappa shape index (κ3) is 5.85. The summed E-state index contributed by atoms with van der Waals surface area (Å²) in [7, 11) is 4.19. The molecule has 1 aromatic carbocycles. The van der Waals surface area contributed by atoms with E-state index in [1.165, 1.54) is 36.9 Å². The van der Waals surface area contributed by atoms with Crippen LogP contribution in [0.2, 0.25) is 0 Å². The van der Waals surface area contributed by atoms with Crippen LogP contribution in [0.15, 0.2) is 24.3 Å². The smallest absolute Gasteiger partial charge is 0.0230 e. The summed E-state index contributed by atoms with van der Waals surface area (Å²) in [5, 5.41) is 3.17. The van der Waals surface area contributed by atoms with Crippen molar-refractivity contribution in [2.45, 2.75) is 39.3 Å². The van der Waals surface area contributed by atoms with Crippen LogP contribution in [0.1, 0.15) is 37.3 Å². The lowest BCUT2D eigenvalue weighted by molar-refractivity contribution is 0.318. The number of nitrogens with zero attached hydrogens (tertiary/aromatic N) is 1. The number of hydrogen-bond donors (Lipinski definition) is 1. The molecule has 0 bridgehead atoms. The fourth-order valence-electron chi connectivity index (χ4n) is 1.99. The quantitative estimate of drug-likeness (QED) is 0.696. The van der Waals surface area contributed by atoms with Crippen molar-refractivity contribution in [3.63, 3.8) is 0 Å². The SMILES string of the molecule is CCCCCN(C)Cc1ccc(CNC)cc1. The van der Waals surface area contributed by atoms with Gasteiger partial charge >= 0.3 is 0 Å². The lowest BCUT2D eigenvalue weighted by Gasteiger charge is -2.16. The van der Waals surface area contributed by atoms with Gasteiger partial charge in [0.2, 0.25) is 0 Å². The predicted molar refractivity (Wildman–Crippen MR) is 75.1 cm³/mol. The van der Waals surface area contributed by atoms with Crippen molar-refractivity contribution in [1.82, 2.24) is 10.2 Å². The van der Waals surface area contributed by atoms with Crippen molar-refractivity contribution in [2.75, 3.05) is 20.6 Å². The Hall–Kier alpha value is -0.860. The molecule has 0 amide bonds. The molecule has 0 saturated carbocycles. The molecule has 1 aromatic rings. The Morgan fingerprint density at radius 1 is 1.06 bits per heavy atom. The summed E-state index contributed by atoms with van der Waals surface area (Å²) >= 11 is 0. The molecule has 0 aliphatic carbocycles. The van der Waals surface area contributed by atoms with E-state index in [4.69, 9.17) is 0 Å². The zero-order valence-electron chi connectivity index (χ0n) is 11.5. The molecule has 0 aromatic heterocycles. The fourth-order valence-corrected chi connectivity index (χ4v) is 1.99. The number of nitrogens with one attached hydrogen (secondary N) is 1. The van der Waals surface area contributed by atoms with E-state index in [1.807, 2.05) is 7.05 Å². The topological polar surface area (TPSA) is 15.3 Å². The first-order valence-corrected chi connectivity index (χ1v) is 6.67. The second-order valence-electron chi connectivity index (χ2n) is 4.79. The predicted octanol–water partition coefficient (Wildman–Crippen LogP) is 3.03. The number of benzene rings is 1. The molecule has 0 saturated heterocycles. The van der Waals surface area contributed by atoms with Gasteiger partial charge in [-0.05, 0) is 38.2 Å². The first-order valence-electron chi connectivity index (χ1n) is 6.67.